The average Bonchev–Trinajstić information content (AvgIpc) is 1.96. The number of alkyl halides is 8. The molecule has 0 aliphatic heterocycles. The van der Waals surface area contributed by atoms with Crippen LogP contribution in [0.1, 0.15) is 6.42 Å². The van der Waals surface area contributed by atoms with Crippen LogP contribution in [0.15, 0.2) is 11.1 Å². The molecule has 0 N–H and O–H groups in total. The lowest BCUT2D eigenvalue weighted by Crippen LogP contribution is -2.35. The maximum Gasteiger partial charge on any atom is 0.453 e. The molecule has 0 saturated carbocycles. The first-order chi connectivity index (χ1) is 6.38. The molecule has 0 rings (SSSR count). The summed E-state index contributed by atoms with van der Waals surface area (Å²) in [5.41, 5.74) is 0. The van der Waals surface area contributed by atoms with Gasteiger partial charge in [0.15, 0.2) is 0 Å². The molecule has 0 spiro atoms. The predicted octanol–water partition coefficient (Wildman–Crippen LogP) is 4.26. The predicted molar refractivity (Wildman–Crippen MR) is 35.6 cm³/mol. The van der Waals surface area contributed by atoms with E-state index >= 15 is 0 Å². The molecule has 0 fully saturated rings. The standard InChI is InChI=1S/C6H3ClF8/c7-3(5(10,11)12)1-2-4(8,9)6(13,14)15/h1H,2H2. The fourth-order valence-electron chi connectivity index (χ4n) is 0.449. The molecule has 0 aromatic carbocycles. The van der Waals surface area contributed by atoms with Crippen molar-refractivity contribution in [3.05, 3.63) is 11.1 Å². The number of rotatable bonds is 2. The maximum atomic E-state index is 12.1. The molecule has 0 bridgehead atoms. The number of hydrogen-bond acceptors (Lipinski definition) is 0. The fourth-order valence-corrected chi connectivity index (χ4v) is 0.526. The zero-order valence-corrected chi connectivity index (χ0v) is 7.44. The van der Waals surface area contributed by atoms with Crippen molar-refractivity contribution >= 4 is 11.6 Å². The summed E-state index contributed by atoms with van der Waals surface area (Å²) in [4.78, 5) is 0. The minimum absolute atomic E-state index is 0.408. The Bertz CT molecular complexity index is 247. The van der Waals surface area contributed by atoms with Crippen LogP contribution in [0.2, 0.25) is 0 Å². The smallest absolute Gasteiger partial charge is 0.196 e. The zero-order chi connectivity index (χ0) is 12.5. The monoisotopic (exact) mass is 262 g/mol. The van der Waals surface area contributed by atoms with E-state index in [4.69, 9.17) is 0 Å². The van der Waals surface area contributed by atoms with E-state index in [1.54, 1.807) is 0 Å². The topological polar surface area (TPSA) is 0 Å². The number of halogens is 9. The minimum Gasteiger partial charge on any atom is -0.196 e. The maximum absolute atomic E-state index is 12.1. The molecule has 0 aliphatic carbocycles. The normalized spacial score (nSPS) is 15.7. The SMILES string of the molecule is FC(F)(F)C(Cl)=CCC(F)(F)C(F)(F)F. The molecule has 0 unspecified atom stereocenters. The van der Waals surface area contributed by atoms with Gasteiger partial charge in [-0.3, -0.25) is 0 Å². The van der Waals surface area contributed by atoms with Crippen LogP contribution in [0.25, 0.3) is 0 Å². The van der Waals surface area contributed by atoms with Gasteiger partial charge in [-0.1, -0.05) is 17.7 Å². The summed E-state index contributed by atoms with van der Waals surface area (Å²) in [5.74, 6) is -5.22. The van der Waals surface area contributed by atoms with Crippen molar-refractivity contribution in [2.75, 3.05) is 0 Å². The van der Waals surface area contributed by atoms with E-state index in [0.717, 1.165) is 0 Å². The molecule has 15 heavy (non-hydrogen) atoms. The van der Waals surface area contributed by atoms with Crippen molar-refractivity contribution in [1.29, 1.82) is 0 Å². The summed E-state index contributed by atoms with van der Waals surface area (Å²) in [6, 6.07) is 0. The summed E-state index contributed by atoms with van der Waals surface area (Å²) in [6.45, 7) is 0. The third kappa shape index (κ3) is 4.23. The lowest BCUT2D eigenvalue weighted by molar-refractivity contribution is -0.280. The van der Waals surface area contributed by atoms with Gasteiger partial charge in [0.2, 0.25) is 0 Å². The first-order valence-electron chi connectivity index (χ1n) is 3.25. The molecule has 0 radical (unpaired) electrons. The van der Waals surface area contributed by atoms with Crippen LogP contribution in [-0.2, 0) is 0 Å². The number of hydrogen-bond donors (Lipinski definition) is 0. The van der Waals surface area contributed by atoms with E-state index < -0.39 is 35.8 Å². The van der Waals surface area contributed by atoms with Crippen molar-refractivity contribution in [2.24, 2.45) is 0 Å². The average molecular weight is 263 g/mol. The molecule has 0 aliphatic rings. The molecule has 0 amide bonds. The third-order valence-corrected chi connectivity index (χ3v) is 1.59. The second-order valence-electron chi connectivity index (χ2n) is 2.46. The molecule has 0 atom stereocenters. The van der Waals surface area contributed by atoms with Gasteiger partial charge in [-0.2, -0.15) is 35.1 Å². The first-order valence-corrected chi connectivity index (χ1v) is 3.63. The van der Waals surface area contributed by atoms with Gasteiger partial charge in [0, 0.05) is 6.42 Å². The lowest BCUT2D eigenvalue weighted by atomic mass is 10.2. The van der Waals surface area contributed by atoms with Crippen LogP contribution >= 0.6 is 11.6 Å². The summed E-state index contributed by atoms with van der Waals surface area (Å²) in [5, 5.41) is -2.01. The fraction of sp³-hybridized carbons (Fsp3) is 0.667. The Labute approximate surface area is 83.5 Å². The highest BCUT2D eigenvalue weighted by Crippen LogP contribution is 2.39. The largest absolute Gasteiger partial charge is 0.453 e. The van der Waals surface area contributed by atoms with Gasteiger partial charge in [0.25, 0.3) is 0 Å². The first kappa shape index (κ1) is 14.5. The second-order valence-corrected chi connectivity index (χ2v) is 2.86. The number of allylic oxidation sites excluding steroid dienone is 2. The molecular formula is C6H3ClF8. The van der Waals surface area contributed by atoms with E-state index in [2.05, 4.69) is 11.6 Å². The van der Waals surface area contributed by atoms with E-state index in [1.165, 1.54) is 0 Å². The van der Waals surface area contributed by atoms with Gasteiger partial charge in [-0.25, -0.2) is 0 Å². The van der Waals surface area contributed by atoms with E-state index in [9.17, 15) is 35.1 Å². The van der Waals surface area contributed by atoms with Crippen molar-refractivity contribution in [3.63, 3.8) is 0 Å². The van der Waals surface area contributed by atoms with Gasteiger partial charge >= 0.3 is 18.3 Å². The van der Waals surface area contributed by atoms with Crippen molar-refractivity contribution in [1.82, 2.24) is 0 Å². The quantitative estimate of drug-likeness (QED) is 0.652. The minimum atomic E-state index is -5.90. The third-order valence-electron chi connectivity index (χ3n) is 1.22. The summed E-state index contributed by atoms with van der Waals surface area (Å²) in [6.07, 6.45) is -13.6. The van der Waals surface area contributed by atoms with Crippen molar-refractivity contribution < 1.29 is 35.1 Å². The van der Waals surface area contributed by atoms with Crippen LogP contribution in [0.5, 0.6) is 0 Å². The molecule has 0 aromatic heterocycles. The van der Waals surface area contributed by atoms with Crippen LogP contribution in [0, 0.1) is 0 Å². The van der Waals surface area contributed by atoms with Crippen LogP contribution < -0.4 is 0 Å². The van der Waals surface area contributed by atoms with Gasteiger partial charge in [0.05, 0.1) is 0 Å². The molecule has 9 heteroatoms. The Hall–Kier alpha value is -0.530. The van der Waals surface area contributed by atoms with E-state index in [0.29, 0.717) is 0 Å². The summed E-state index contributed by atoms with van der Waals surface area (Å²) in [7, 11) is 0. The molecule has 0 heterocycles. The molecular weight excluding hydrogens is 260 g/mol. The van der Waals surface area contributed by atoms with Crippen molar-refractivity contribution in [3.8, 4) is 0 Å². The van der Waals surface area contributed by atoms with E-state index in [-0.39, 0.29) is 0 Å². The van der Waals surface area contributed by atoms with Crippen LogP contribution in [0.4, 0.5) is 35.1 Å². The summed E-state index contributed by atoms with van der Waals surface area (Å²) >= 11 is 4.45. The van der Waals surface area contributed by atoms with Gasteiger partial charge in [-0.05, 0) is 0 Å². The Morgan fingerprint density at radius 1 is 0.933 bits per heavy atom. The van der Waals surface area contributed by atoms with Gasteiger partial charge in [-0.15, -0.1) is 0 Å². The Morgan fingerprint density at radius 2 is 1.33 bits per heavy atom. The van der Waals surface area contributed by atoms with Crippen LogP contribution in [-0.4, -0.2) is 18.3 Å². The Kier molecular flexibility index (Phi) is 4.00. The molecule has 0 saturated heterocycles. The van der Waals surface area contributed by atoms with Gasteiger partial charge < -0.3 is 0 Å². The highest BCUT2D eigenvalue weighted by molar-refractivity contribution is 6.30. The molecule has 0 aromatic rings. The van der Waals surface area contributed by atoms with E-state index in [1.807, 2.05) is 0 Å². The summed E-state index contributed by atoms with van der Waals surface area (Å²) < 4.78 is 93.4. The Balaban J connectivity index is 4.65. The second kappa shape index (κ2) is 4.15. The Morgan fingerprint density at radius 3 is 1.60 bits per heavy atom. The highest BCUT2D eigenvalue weighted by Gasteiger charge is 2.56. The van der Waals surface area contributed by atoms with Crippen LogP contribution in [0.3, 0.4) is 0 Å². The van der Waals surface area contributed by atoms with Crippen molar-refractivity contribution in [2.45, 2.75) is 24.7 Å². The highest BCUT2D eigenvalue weighted by atomic mass is 35.5. The lowest BCUT2D eigenvalue weighted by Gasteiger charge is -2.17. The molecule has 90 valence electrons. The molecule has 0 nitrogen and oxygen atoms in total. The zero-order valence-electron chi connectivity index (χ0n) is 6.69. The van der Waals surface area contributed by atoms with Gasteiger partial charge in [0.1, 0.15) is 5.03 Å².